The predicted octanol–water partition coefficient (Wildman–Crippen LogP) is 3.10. The molecule has 1 rings (SSSR count). The maximum atomic E-state index is 11.7. The van der Waals surface area contributed by atoms with Gasteiger partial charge in [0.1, 0.15) is 0 Å². The number of hydrogen-bond acceptors (Lipinski definition) is 1. The molecule has 0 radical (unpaired) electrons. The molecule has 12 heavy (non-hydrogen) atoms. The third kappa shape index (κ3) is 3.43. The number of rotatable bonds is 1. The molecule has 0 aromatic carbocycles. The van der Waals surface area contributed by atoms with Gasteiger partial charge in [0.15, 0.2) is 0 Å². The van der Waals surface area contributed by atoms with E-state index in [0.717, 1.165) is 12.8 Å². The summed E-state index contributed by atoms with van der Waals surface area (Å²) in [6, 6.07) is 0. The van der Waals surface area contributed by atoms with Crippen molar-refractivity contribution in [3.8, 4) is 0 Å². The number of alkyl halides is 3. The molecule has 0 aromatic rings. The quantitative estimate of drug-likeness (QED) is 0.605. The summed E-state index contributed by atoms with van der Waals surface area (Å²) in [5.41, 5.74) is 0. The maximum Gasteiger partial charge on any atom is 0.522 e. The van der Waals surface area contributed by atoms with Crippen molar-refractivity contribution in [1.82, 2.24) is 0 Å². The molecule has 0 aliphatic heterocycles. The average Bonchev–Trinajstić information content (AvgIpc) is 1.82. The van der Waals surface area contributed by atoms with Gasteiger partial charge in [-0.3, -0.25) is 4.74 Å². The molecule has 0 heterocycles. The Morgan fingerprint density at radius 2 is 1.92 bits per heavy atom. The molecule has 1 aliphatic rings. The molecule has 0 N–H and O–H groups in total. The Hall–Kier alpha value is -0.250. The van der Waals surface area contributed by atoms with Gasteiger partial charge in [-0.2, -0.15) is 0 Å². The minimum atomic E-state index is -4.46. The van der Waals surface area contributed by atoms with E-state index < -0.39 is 12.5 Å². The third-order valence-electron chi connectivity index (χ3n) is 2.19. The van der Waals surface area contributed by atoms with Gasteiger partial charge in [-0.05, 0) is 18.8 Å². The number of hydrogen-bond donors (Lipinski definition) is 0. The average molecular weight is 182 g/mol. The van der Waals surface area contributed by atoms with E-state index >= 15 is 0 Å². The molecule has 0 saturated heterocycles. The summed E-state index contributed by atoms with van der Waals surface area (Å²) in [5.74, 6) is 0.367. The molecule has 1 saturated carbocycles. The largest absolute Gasteiger partial charge is 0.522 e. The van der Waals surface area contributed by atoms with E-state index in [1.807, 2.05) is 6.92 Å². The lowest BCUT2D eigenvalue weighted by atomic mass is 9.89. The smallest absolute Gasteiger partial charge is 0.289 e. The fraction of sp³-hybridized carbons (Fsp3) is 1.00. The molecule has 1 unspecified atom stereocenters. The first-order valence-corrected chi connectivity index (χ1v) is 4.22. The van der Waals surface area contributed by atoms with Crippen LogP contribution in [0.2, 0.25) is 0 Å². The normalized spacial score (nSPS) is 32.0. The van der Waals surface area contributed by atoms with Crippen LogP contribution < -0.4 is 0 Å². The molecule has 1 fully saturated rings. The van der Waals surface area contributed by atoms with Crippen LogP contribution in [0.5, 0.6) is 0 Å². The Balaban J connectivity index is 2.32. The van der Waals surface area contributed by atoms with Gasteiger partial charge in [-0.25, -0.2) is 0 Å². The van der Waals surface area contributed by atoms with Gasteiger partial charge in [-0.1, -0.05) is 19.8 Å². The standard InChI is InChI=1S/C8H13F3O/c1-6-3-2-4-7(5-6)12-8(9,10)11/h6-7H,2-5H2,1H3/t6-,7?/m1/s1. The van der Waals surface area contributed by atoms with Crippen LogP contribution in [0, 0.1) is 5.92 Å². The van der Waals surface area contributed by atoms with Gasteiger partial charge >= 0.3 is 6.36 Å². The highest BCUT2D eigenvalue weighted by Crippen LogP contribution is 2.30. The zero-order valence-electron chi connectivity index (χ0n) is 7.03. The molecular formula is C8H13F3O. The Morgan fingerprint density at radius 1 is 1.25 bits per heavy atom. The molecule has 0 bridgehead atoms. The summed E-state index contributed by atoms with van der Waals surface area (Å²) in [4.78, 5) is 0. The summed E-state index contributed by atoms with van der Waals surface area (Å²) >= 11 is 0. The van der Waals surface area contributed by atoms with Gasteiger partial charge in [0.05, 0.1) is 6.10 Å². The van der Waals surface area contributed by atoms with Crippen LogP contribution >= 0.6 is 0 Å². The van der Waals surface area contributed by atoms with Crippen molar-refractivity contribution in [3.05, 3.63) is 0 Å². The van der Waals surface area contributed by atoms with Crippen LogP contribution in [0.4, 0.5) is 13.2 Å². The highest BCUT2D eigenvalue weighted by Gasteiger charge is 2.34. The summed E-state index contributed by atoms with van der Waals surface area (Å²) in [6.45, 7) is 1.96. The van der Waals surface area contributed by atoms with Crippen molar-refractivity contribution in [2.45, 2.75) is 45.1 Å². The van der Waals surface area contributed by atoms with Gasteiger partial charge in [0.2, 0.25) is 0 Å². The minimum absolute atomic E-state index is 0.367. The highest BCUT2D eigenvalue weighted by molar-refractivity contribution is 4.70. The van der Waals surface area contributed by atoms with Gasteiger partial charge < -0.3 is 0 Å². The van der Waals surface area contributed by atoms with Gasteiger partial charge in [0.25, 0.3) is 0 Å². The van der Waals surface area contributed by atoms with E-state index in [9.17, 15) is 13.2 Å². The van der Waals surface area contributed by atoms with Crippen LogP contribution in [0.15, 0.2) is 0 Å². The first-order chi connectivity index (χ1) is 5.47. The van der Waals surface area contributed by atoms with Crippen LogP contribution in [0.25, 0.3) is 0 Å². The molecule has 1 aliphatic carbocycles. The summed E-state index contributed by atoms with van der Waals surface area (Å²) in [6.07, 6.45) is -2.10. The summed E-state index contributed by atoms with van der Waals surface area (Å²) in [5, 5.41) is 0. The number of ether oxygens (including phenoxy) is 1. The second kappa shape index (κ2) is 3.64. The van der Waals surface area contributed by atoms with Crippen molar-refractivity contribution in [2.75, 3.05) is 0 Å². The van der Waals surface area contributed by atoms with Gasteiger partial charge in [0, 0.05) is 0 Å². The van der Waals surface area contributed by atoms with Gasteiger partial charge in [-0.15, -0.1) is 13.2 Å². The fourth-order valence-electron chi connectivity index (χ4n) is 1.67. The first-order valence-electron chi connectivity index (χ1n) is 4.22. The van der Waals surface area contributed by atoms with E-state index in [0.29, 0.717) is 18.8 Å². The molecule has 2 atom stereocenters. The summed E-state index contributed by atoms with van der Waals surface area (Å²) in [7, 11) is 0. The van der Waals surface area contributed by atoms with Crippen LogP contribution in [0.3, 0.4) is 0 Å². The van der Waals surface area contributed by atoms with Crippen molar-refractivity contribution in [1.29, 1.82) is 0 Å². The second-order valence-corrected chi connectivity index (χ2v) is 3.46. The van der Waals surface area contributed by atoms with Crippen molar-refractivity contribution >= 4 is 0 Å². The molecule has 1 nitrogen and oxygen atoms in total. The molecular weight excluding hydrogens is 169 g/mol. The zero-order valence-corrected chi connectivity index (χ0v) is 7.03. The first kappa shape index (κ1) is 9.84. The van der Waals surface area contributed by atoms with Crippen LogP contribution in [-0.2, 0) is 4.74 Å². The van der Waals surface area contributed by atoms with E-state index in [1.54, 1.807) is 0 Å². The highest BCUT2D eigenvalue weighted by atomic mass is 19.4. The Morgan fingerprint density at radius 3 is 2.42 bits per heavy atom. The monoisotopic (exact) mass is 182 g/mol. The SMILES string of the molecule is C[C@@H]1CCCC(OC(F)(F)F)C1. The fourth-order valence-corrected chi connectivity index (χ4v) is 1.67. The van der Waals surface area contributed by atoms with E-state index in [-0.39, 0.29) is 0 Å². The lowest BCUT2D eigenvalue weighted by molar-refractivity contribution is -0.346. The third-order valence-corrected chi connectivity index (χ3v) is 2.19. The Kier molecular flexibility index (Phi) is 2.99. The maximum absolute atomic E-state index is 11.7. The van der Waals surface area contributed by atoms with Crippen molar-refractivity contribution < 1.29 is 17.9 Å². The molecule has 4 heteroatoms. The zero-order chi connectivity index (χ0) is 9.19. The minimum Gasteiger partial charge on any atom is -0.289 e. The molecule has 0 aromatic heterocycles. The van der Waals surface area contributed by atoms with Crippen LogP contribution in [-0.4, -0.2) is 12.5 Å². The van der Waals surface area contributed by atoms with Crippen LogP contribution in [0.1, 0.15) is 32.6 Å². The van der Waals surface area contributed by atoms with Crippen molar-refractivity contribution in [3.63, 3.8) is 0 Å². The Labute approximate surface area is 69.9 Å². The van der Waals surface area contributed by atoms with E-state index in [2.05, 4.69) is 4.74 Å². The lowest BCUT2D eigenvalue weighted by Crippen LogP contribution is -2.28. The lowest BCUT2D eigenvalue weighted by Gasteiger charge is -2.27. The predicted molar refractivity (Wildman–Crippen MR) is 38.6 cm³/mol. The molecule has 0 amide bonds. The molecule has 0 spiro atoms. The summed E-state index contributed by atoms with van der Waals surface area (Å²) < 4.78 is 39.2. The Bertz CT molecular complexity index is 144. The van der Waals surface area contributed by atoms with E-state index in [1.165, 1.54) is 0 Å². The van der Waals surface area contributed by atoms with Crippen molar-refractivity contribution in [2.24, 2.45) is 5.92 Å². The topological polar surface area (TPSA) is 9.23 Å². The number of halogens is 3. The second-order valence-electron chi connectivity index (χ2n) is 3.46. The van der Waals surface area contributed by atoms with E-state index in [4.69, 9.17) is 0 Å². The molecule has 72 valence electrons.